The van der Waals surface area contributed by atoms with Crippen LogP contribution >= 0.6 is 0 Å². The van der Waals surface area contributed by atoms with Crippen molar-refractivity contribution in [3.8, 4) is 0 Å². The van der Waals surface area contributed by atoms with E-state index in [4.69, 9.17) is 4.74 Å². The minimum atomic E-state index is -0.629. The third-order valence-electron chi connectivity index (χ3n) is 3.59. The number of carbonyl (C=O) groups excluding carboxylic acids is 2. The fourth-order valence-corrected chi connectivity index (χ4v) is 2.31. The fraction of sp³-hybridized carbons (Fsp3) is 0.733. The molecule has 7 heteroatoms. The lowest BCUT2D eigenvalue weighted by Gasteiger charge is -2.29. The van der Waals surface area contributed by atoms with Gasteiger partial charge in [-0.15, -0.1) is 0 Å². The summed E-state index contributed by atoms with van der Waals surface area (Å²) in [5.74, 6) is -0.386. The second kappa shape index (κ2) is 6.06. The number of aromatic nitrogens is 3. The molecule has 0 radical (unpaired) electrons. The van der Waals surface area contributed by atoms with E-state index in [1.165, 1.54) is 4.90 Å². The summed E-state index contributed by atoms with van der Waals surface area (Å²) in [6.45, 7) is 7.27. The molecule has 0 spiro atoms. The van der Waals surface area contributed by atoms with Crippen molar-refractivity contribution in [2.24, 2.45) is 0 Å². The van der Waals surface area contributed by atoms with Crippen LogP contribution in [0.1, 0.15) is 69.1 Å². The highest BCUT2D eigenvalue weighted by molar-refractivity contribution is 5.96. The third kappa shape index (κ3) is 3.64. The Kier molecular flexibility index (Phi) is 4.53. The van der Waals surface area contributed by atoms with E-state index < -0.39 is 17.6 Å². The van der Waals surface area contributed by atoms with E-state index in [-0.39, 0.29) is 5.91 Å². The van der Waals surface area contributed by atoms with Gasteiger partial charge in [0.1, 0.15) is 11.6 Å². The predicted octanol–water partition coefficient (Wildman–Crippen LogP) is 1.87. The molecule has 0 bridgehead atoms. The van der Waals surface area contributed by atoms with Gasteiger partial charge in [-0.3, -0.25) is 4.79 Å². The highest BCUT2D eigenvalue weighted by atomic mass is 16.6. The largest absolute Gasteiger partial charge is 0.458 e. The lowest BCUT2D eigenvalue weighted by atomic mass is 10.1. The zero-order valence-corrected chi connectivity index (χ0v) is 13.8. The Morgan fingerprint density at radius 1 is 1.36 bits per heavy atom. The molecule has 122 valence electrons. The third-order valence-corrected chi connectivity index (χ3v) is 3.59. The number of nitrogens with zero attached hydrogens (tertiary/aromatic N) is 3. The van der Waals surface area contributed by atoms with Crippen molar-refractivity contribution in [1.82, 2.24) is 20.3 Å². The summed E-state index contributed by atoms with van der Waals surface area (Å²) in [4.78, 5) is 26.3. The van der Waals surface area contributed by atoms with Crippen LogP contribution in [0.2, 0.25) is 0 Å². The van der Waals surface area contributed by atoms with Gasteiger partial charge in [0.25, 0.3) is 5.91 Å². The molecule has 1 N–H and O–H groups in total. The van der Waals surface area contributed by atoms with Crippen LogP contribution in [0.25, 0.3) is 0 Å². The Morgan fingerprint density at radius 3 is 2.50 bits per heavy atom. The number of amides is 1. The Hall–Kier alpha value is -1.92. The standard InChI is InChI=1S/C15H24N4O3/c1-6-10(14(21)22-15(2,3)4)19(5)13(20)12-11(9-7-8-9)16-18-17-12/h9-10H,6-8H2,1-5H3,(H,16,17,18). The van der Waals surface area contributed by atoms with Crippen molar-refractivity contribution in [2.45, 2.75) is 64.5 Å². The van der Waals surface area contributed by atoms with E-state index in [0.717, 1.165) is 12.8 Å². The highest BCUT2D eigenvalue weighted by Crippen LogP contribution is 2.40. The number of esters is 1. The maximum atomic E-state index is 12.6. The Labute approximate surface area is 130 Å². The first-order chi connectivity index (χ1) is 10.2. The highest BCUT2D eigenvalue weighted by Gasteiger charge is 2.36. The number of nitrogens with one attached hydrogen (secondary N) is 1. The van der Waals surface area contributed by atoms with E-state index in [0.29, 0.717) is 23.7 Å². The summed E-state index contributed by atoms with van der Waals surface area (Å²) in [7, 11) is 1.60. The van der Waals surface area contributed by atoms with Crippen LogP contribution in [-0.4, -0.2) is 50.9 Å². The maximum Gasteiger partial charge on any atom is 0.329 e. The van der Waals surface area contributed by atoms with Crippen molar-refractivity contribution >= 4 is 11.9 Å². The molecule has 1 fully saturated rings. The molecule has 1 saturated carbocycles. The average Bonchev–Trinajstić information content (AvgIpc) is 3.14. The molecule has 1 unspecified atom stereocenters. The average molecular weight is 308 g/mol. The lowest BCUT2D eigenvalue weighted by Crippen LogP contribution is -2.45. The predicted molar refractivity (Wildman–Crippen MR) is 80.4 cm³/mol. The van der Waals surface area contributed by atoms with Crippen LogP contribution in [-0.2, 0) is 9.53 Å². The second-order valence-electron chi connectivity index (χ2n) is 6.71. The van der Waals surface area contributed by atoms with Gasteiger partial charge in [-0.25, -0.2) is 4.79 Å². The summed E-state index contributed by atoms with van der Waals surface area (Å²) in [6.07, 6.45) is 2.54. The van der Waals surface area contributed by atoms with Gasteiger partial charge in [0.2, 0.25) is 0 Å². The monoisotopic (exact) mass is 308 g/mol. The molecule has 22 heavy (non-hydrogen) atoms. The molecular formula is C15H24N4O3. The lowest BCUT2D eigenvalue weighted by molar-refractivity contribution is -0.160. The van der Waals surface area contributed by atoms with E-state index >= 15 is 0 Å². The van der Waals surface area contributed by atoms with Crippen molar-refractivity contribution in [3.63, 3.8) is 0 Å². The summed E-state index contributed by atoms with van der Waals surface area (Å²) in [5, 5.41) is 10.6. The summed E-state index contributed by atoms with van der Waals surface area (Å²) >= 11 is 0. The van der Waals surface area contributed by atoms with Crippen LogP contribution in [0, 0.1) is 0 Å². The normalized spacial score (nSPS) is 16.2. The first-order valence-electron chi connectivity index (χ1n) is 7.65. The van der Waals surface area contributed by atoms with E-state index in [2.05, 4.69) is 15.4 Å². The van der Waals surface area contributed by atoms with Crippen LogP contribution in [0.4, 0.5) is 0 Å². The fourth-order valence-electron chi connectivity index (χ4n) is 2.31. The molecule has 0 saturated heterocycles. The summed E-state index contributed by atoms with van der Waals surface area (Å²) < 4.78 is 5.39. The van der Waals surface area contributed by atoms with E-state index in [1.807, 2.05) is 27.7 Å². The molecule has 1 aliphatic rings. The zero-order chi connectivity index (χ0) is 16.5. The molecule has 1 aromatic rings. The number of carbonyl (C=O) groups is 2. The number of rotatable bonds is 5. The molecule has 1 aliphatic carbocycles. The Bertz CT molecular complexity index is 557. The maximum absolute atomic E-state index is 12.6. The van der Waals surface area contributed by atoms with Gasteiger partial charge in [-0.05, 0) is 40.0 Å². The molecule has 0 aromatic carbocycles. The number of likely N-dealkylation sites (N-methyl/N-ethyl adjacent to an activating group) is 1. The molecule has 1 heterocycles. The minimum Gasteiger partial charge on any atom is -0.458 e. The molecule has 1 aromatic heterocycles. The first kappa shape index (κ1) is 16.5. The smallest absolute Gasteiger partial charge is 0.329 e. The molecule has 0 aliphatic heterocycles. The van der Waals surface area contributed by atoms with E-state index in [1.54, 1.807) is 7.05 Å². The topological polar surface area (TPSA) is 88.2 Å². The van der Waals surface area contributed by atoms with Gasteiger partial charge in [0.15, 0.2) is 5.69 Å². The van der Waals surface area contributed by atoms with Crippen molar-refractivity contribution in [2.75, 3.05) is 7.05 Å². The van der Waals surface area contributed by atoms with Crippen LogP contribution in [0.5, 0.6) is 0 Å². The summed E-state index contributed by atoms with van der Waals surface area (Å²) in [5.41, 5.74) is 0.435. The van der Waals surface area contributed by atoms with Crippen LogP contribution < -0.4 is 0 Å². The number of aromatic amines is 1. The van der Waals surface area contributed by atoms with Crippen molar-refractivity contribution < 1.29 is 14.3 Å². The zero-order valence-electron chi connectivity index (χ0n) is 13.8. The van der Waals surface area contributed by atoms with E-state index in [9.17, 15) is 9.59 Å². The Balaban J connectivity index is 2.13. The second-order valence-corrected chi connectivity index (χ2v) is 6.71. The van der Waals surface area contributed by atoms with Gasteiger partial charge in [0.05, 0.1) is 5.69 Å². The molecule has 2 rings (SSSR count). The molecular weight excluding hydrogens is 284 g/mol. The summed E-state index contributed by atoms with van der Waals surface area (Å²) in [6, 6.07) is -0.629. The number of H-pyrrole nitrogens is 1. The molecule has 7 nitrogen and oxygen atoms in total. The number of ether oxygens (including phenoxy) is 1. The van der Waals surface area contributed by atoms with Crippen LogP contribution in [0.15, 0.2) is 0 Å². The molecule has 1 atom stereocenters. The van der Waals surface area contributed by atoms with Crippen LogP contribution in [0.3, 0.4) is 0 Å². The van der Waals surface area contributed by atoms with Gasteiger partial charge in [0, 0.05) is 13.0 Å². The Morgan fingerprint density at radius 2 is 2.00 bits per heavy atom. The molecule has 1 amide bonds. The van der Waals surface area contributed by atoms with Gasteiger partial charge >= 0.3 is 5.97 Å². The van der Waals surface area contributed by atoms with Crippen molar-refractivity contribution in [3.05, 3.63) is 11.4 Å². The SMILES string of the molecule is CCC(C(=O)OC(C)(C)C)N(C)C(=O)c1n[nH]nc1C1CC1. The first-order valence-corrected chi connectivity index (χ1v) is 7.65. The number of hydrogen-bond donors (Lipinski definition) is 1. The quantitative estimate of drug-likeness (QED) is 0.839. The van der Waals surface area contributed by atoms with Gasteiger partial charge in [-0.2, -0.15) is 15.4 Å². The van der Waals surface area contributed by atoms with Gasteiger partial charge in [-0.1, -0.05) is 6.92 Å². The minimum absolute atomic E-state index is 0.298. The van der Waals surface area contributed by atoms with Crippen molar-refractivity contribution in [1.29, 1.82) is 0 Å². The number of hydrogen-bond acceptors (Lipinski definition) is 5. The van der Waals surface area contributed by atoms with Gasteiger partial charge < -0.3 is 9.64 Å².